The van der Waals surface area contributed by atoms with Crippen LogP contribution < -0.4 is 4.74 Å². The summed E-state index contributed by atoms with van der Waals surface area (Å²) in [4.78, 5) is 0. The van der Waals surface area contributed by atoms with Crippen molar-refractivity contribution in [2.24, 2.45) is 5.92 Å². The zero-order valence-electron chi connectivity index (χ0n) is 14.1. The Morgan fingerprint density at radius 1 is 1.32 bits per heavy atom. The standard InChI is InChI=1S/C18H29O3P/c1-4-6-12-20-17-9-7-8-16(13-17)18(15-10-11-15)14-22(3,19)21-5-2/h7-9,13,15,18H,4-6,10-12,14H2,1-3H3/t18-,22?/m0/s1. The fraction of sp³-hybridized carbons (Fsp3) is 0.667. The normalized spacial score (nSPS) is 18.7. The van der Waals surface area contributed by atoms with Crippen LogP contribution in [-0.4, -0.2) is 26.0 Å². The second-order valence-corrected chi connectivity index (χ2v) is 8.98. The van der Waals surface area contributed by atoms with Gasteiger partial charge in [0, 0.05) is 12.8 Å². The van der Waals surface area contributed by atoms with Crippen LogP contribution in [-0.2, 0) is 9.09 Å². The van der Waals surface area contributed by atoms with Gasteiger partial charge in [-0.15, -0.1) is 0 Å². The van der Waals surface area contributed by atoms with Crippen molar-refractivity contribution < 1.29 is 13.8 Å². The van der Waals surface area contributed by atoms with Gasteiger partial charge in [0.05, 0.1) is 13.2 Å². The largest absolute Gasteiger partial charge is 0.494 e. The van der Waals surface area contributed by atoms with Crippen molar-refractivity contribution in [3.63, 3.8) is 0 Å². The molecule has 0 amide bonds. The molecular weight excluding hydrogens is 295 g/mol. The molecule has 1 aliphatic carbocycles. The highest BCUT2D eigenvalue weighted by atomic mass is 31.2. The van der Waals surface area contributed by atoms with E-state index in [0.717, 1.165) is 25.2 Å². The molecule has 22 heavy (non-hydrogen) atoms. The van der Waals surface area contributed by atoms with Gasteiger partial charge in [-0.3, -0.25) is 4.57 Å². The molecule has 3 nitrogen and oxygen atoms in total. The maximum atomic E-state index is 12.6. The average molecular weight is 324 g/mol. The molecule has 2 atom stereocenters. The summed E-state index contributed by atoms with van der Waals surface area (Å²) in [5, 5.41) is 0. The highest BCUT2D eigenvalue weighted by Gasteiger charge is 2.36. The maximum Gasteiger partial charge on any atom is 0.200 e. The zero-order valence-corrected chi connectivity index (χ0v) is 15.0. The third kappa shape index (κ3) is 5.44. The Kier molecular flexibility index (Phi) is 6.52. The van der Waals surface area contributed by atoms with Crippen molar-refractivity contribution in [3.05, 3.63) is 29.8 Å². The Balaban J connectivity index is 2.08. The van der Waals surface area contributed by atoms with Crippen LogP contribution in [0.15, 0.2) is 24.3 Å². The van der Waals surface area contributed by atoms with E-state index < -0.39 is 7.37 Å². The van der Waals surface area contributed by atoms with Crippen molar-refractivity contribution in [3.8, 4) is 5.75 Å². The smallest absolute Gasteiger partial charge is 0.200 e. The van der Waals surface area contributed by atoms with Gasteiger partial charge in [0.15, 0.2) is 0 Å². The van der Waals surface area contributed by atoms with Gasteiger partial charge in [0.1, 0.15) is 5.75 Å². The molecule has 2 rings (SSSR count). The number of unbranched alkanes of at least 4 members (excludes halogenated alkanes) is 1. The molecule has 0 heterocycles. The van der Waals surface area contributed by atoms with E-state index in [1.54, 1.807) is 6.66 Å². The van der Waals surface area contributed by atoms with Crippen LogP contribution in [0.2, 0.25) is 0 Å². The minimum atomic E-state index is -2.51. The lowest BCUT2D eigenvalue weighted by molar-refractivity contribution is 0.308. The Bertz CT molecular complexity index is 511. The van der Waals surface area contributed by atoms with Gasteiger partial charge in [-0.2, -0.15) is 0 Å². The Morgan fingerprint density at radius 2 is 2.09 bits per heavy atom. The van der Waals surface area contributed by atoms with E-state index in [0.29, 0.717) is 24.6 Å². The predicted molar refractivity (Wildman–Crippen MR) is 92.3 cm³/mol. The molecule has 0 spiro atoms. The van der Waals surface area contributed by atoms with E-state index in [2.05, 4.69) is 19.1 Å². The first kappa shape index (κ1) is 17.6. The molecular formula is C18H29O3P. The zero-order chi connectivity index (χ0) is 16.0. The minimum absolute atomic E-state index is 0.331. The average Bonchev–Trinajstić information content (AvgIpc) is 3.30. The number of benzene rings is 1. The summed E-state index contributed by atoms with van der Waals surface area (Å²) >= 11 is 0. The fourth-order valence-corrected chi connectivity index (χ4v) is 4.75. The third-order valence-electron chi connectivity index (χ3n) is 4.17. The number of ether oxygens (including phenoxy) is 1. The van der Waals surface area contributed by atoms with Gasteiger partial charge in [0.25, 0.3) is 0 Å². The maximum absolute atomic E-state index is 12.6. The lowest BCUT2D eigenvalue weighted by Crippen LogP contribution is -2.09. The Labute approximate surface area is 134 Å². The lowest BCUT2D eigenvalue weighted by atomic mass is 9.96. The van der Waals surface area contributed by atoms with Gasteiger partial charge in [-0.05, 0) is 55.7 Å². The van der Waals surface area contributed by atoms with Gasteiger partial charge in [0.2, 0.25) is 7.37 Å². The summed E-state index contributed by atoms with van der Waals surface area (Å²) in [7, 11) is -2.51. The molecule has 0 radical (unpaired) electrons. The molecule has 1 saturated carbocycles. The van der Waals surface area contributed by atoms with Gasteiger partial charge >= 0.3 is 0 Å². The summed E-state index contributed by atoms with van der Waals surface area (Å²) in [6.45, 7) is 7.12. The number of rotatable bonds is 10. The first-order valence-electron chi connectivity index (χ1n) is 8.49. The third-order valence-corrected chi connectivity index (χ3v) is 6.04. The van der Waals surface area contributed by atoms with Gasteiger partial charge in [-0.25, -0.2) is 0 Å². The van der Waals surface area contributed by atoms with Crippen LogP contribution in [0.5, 0.6) is 5.75 Å². The molecule has 0 bridgehead atoms. The molecule has 0 aromatic heterocycles. The van der Waals surface area contributed by atoms with Crippen LogP contribution >= 0.6 is 7.37 Å². The Hall–Kier alpha value is -0.790. The van der Waals surface area contributed by atoms with E-state index in [1.165, 1.54) is 18.4 Å². The van der Waals surface area contributed by atoms with E-state index in [4.69, 9.17) is 9.26 Å². The second-order valence-electron chi connectivity index (χ2n) is 6.33. The van der Waals surface area contributed by atoms with Gasteiger partial charge < -0.3 is 9.26 Å². The van der Waals surface area contributed by atoms with E-state index in [1.807, 2.05) is 19.1 Å². The van der Waals surface area contributed by atoms with Crippen molar-refractivity contribution in [1.29, 1.82) is 0 Å². The summed E-state index contributed by atoms with van der Waals surface area (Å²) in [5.74, 6) is 1.91. The molecule has 124 valence electrons. The van der Waals surface area contributed by atoms with Crippen molar-refractivity contribution in [2.45, 2.75) is 45.4 Å². The second kappa shape index (κ2) is 8.17. The highest BCUT2D eigenvalue weighted by molar-refractivity contribution is 7.58. The molecule has 0 saturated heterocycles. The topological polar surface area (TPSA) is 35.5 Å². The molecule has 1 fully saturated rings. The first-order chi connectivity index (χ1) is 10.6. The Morgan fingerprint density at radius 3 is 2.73 bits per heavy atom. The minimum Gasteiger partial charge on any atom is -0.494 e. The van der Waals surface area contributed by atoms with Crippen molar-refractivity contribution in [1.82, 2.24) is 0 Å². The molecule has 1 aromatic rings. The molecule has 0 N–H and O–H groups in total. The predicted octanol–water partition coefficient (Wildman–Crippen LogP) is 5.30. The van der Waals surface area contributed by atoms with Crippen molar-refractivity contribution in [2.75, 3.05) is 26.0 Å². The monoisotopic (exact) mass is 324 g/mol. The molecule has 1 aliphatic rings. The van der Waals surface area contributed by atoms with Crippen LogP contribution in [0.1, 0.15) is 51.0 Å². The first-order valence-corrected chi connectivity index (χ1v) is 10.7. The molecule has 0 aliphatic heterocycles. The van der Waals surface area contributed by atoms with Crippen LogP contribution in [0.4, 0.5) is 0 Å². The number of hydrogen-bond donors (Lipinski definition) is 0. The van der Waals surface area contributed by atoms with Crippen LogP contribution in [0, 0.1) is 5.92 Å². The van der Waals surface area contributed by atoms with E-state index in [9.17, 15) is 4.57 Å². The van der Waals surface area contributed by atoms with Crippen LogP contribution in [0.25, 0.3) is 0 Å². The fourth-order valence-electron chi connectivity index (χ4n) is 2.88. The van der Waals surface area contributed by atoms with Gasteiger partial charge in [-0.1, -0.05) is 25.5 Å². The molecule has 4 heteroatoms. The summed E-state index contributed by atoms with van der Waals surface area (Å²) in [6.07, 6.45) is 5.32. The quantitative estimate of drug-likeness (QED) is 0.432. The highest BCUT2D eigenvalue weighted by Crippen LogP contribution is 2.53. The summed E-state index contributed by atoms with van der Waals surface area (Å²) in [5.41, 5.74) is 1.25. The number of hydrogen-bond acceptors (Lipinski definition) is 3. The molecule has 1 aromatic carbocycles. The SMILES string of the molecule is CCCCOc1cccc([C@@H](CP(C)(=O)OCC)C2CC2)c1. The molecule has 1 unspecified atom stereocenters. The summed E-state index contributed by atoms with van der Waals surface area (Å²) in [6, 6.07) is 8.33. The van der Waals surface area contributed by atoms with E-state index in [-0.39, 0.29) is 0 Å². The van der Waals surface area contributed by atoms with Crippen LogP contribution in [0.3, 0.4) is 0 Å². The van der Waals surface area contributed by atoms with Crippen molar-refractivity contribution >= 4 is 7.37 Å². The summed E-state index contributed by atoms with van der Waals surface area (Å²) < 4.78 is 23.9. The lowest BCUT2D eigenvalue weighted by Gasteiger charge is -2.22. The van der Waals surface area contributed by atoms with E-state index >= 15 is 0 Å².